The first-order valence-corrected chi connectivity index (χ1v) is 10.4. The summed E-state index contributed by atoms with van der Waals surface area (Å²) in [6.45, 7) is 6.07. The van der Waals surface area contributed by atoms with E-state index in [4.69, 9.17) is 11.6 Å². The largest absolute Gasteiger partial charge is 0.354 e. The molecule has 0 aliphatic heterocycles. The van der Waals surface area contributed by atoms with Crippen molar-refractivity contribution in [3.8, 4) is 0 Å². The number of anilines is 1. The highest BCUT2D eigenvalue weighted by Gasteiger charge is 2.20. The lowest BCUT2D eigenvalue weighted by Crippen LogP contribution is -2.34. The lowest BCUT2D eigenvalue weighted by Gasteiger charge is -2.24. The van der Waals surface area contributed by atoms with E-state index in [2.05, 4.69) is 12.2 Å². The van der Waals surface area contributed by atoms with Gasteiger partial charge in [-0.25, -0.2) is 8.42 Å². The van der Waals surface area contributed by atoms with Crippen LogP contribution in [0.3, 0.4) is 0 Å². The molecule has 0 spiro atoms. The summed E-state index contributed by atoms with van der Waals surface area (Å²) in [6.07, 6.45) is 3.85. The summed E-state index contributed by atoms with van der Waals surface area (Å²) in [7, 11) is -3.44. The molecule has 1 unspecified atom stereocenters. The Labute approximate surface area is 150 Å². The summed E-state index contributed by atoms with van der Waals surface area (Å²) in [4.78, 5) is 11.9. The van der Waals surface area contributed by atoms with Crippen LogP contribution in [0.1, 0.15) is 45.1 Å². The van der Waals surface area contributed by atoms with Gasteiger partial charge in [0.25, 0.3) is 0 Å². The van der Waals surface area contributed by atoms with Gasteiger partial charge in [0.05, 0.1) is 11.9 Å². The molecule has 5 nitrogen and oxygen atoms in total. The first kappa shape index (κ1) is 20.8. The van der Waals surface area contributed by atoms with E-state index in [0.29, 0.717) is 29.1 Å². The highest BCUT2D eigenvalue weighted by Crippen LogP contribution is 2.28. The summed E-state index contributed by atoms with van der Waals surface area (Å²) in [6, 6.07) is 5.32. The molecule has 1 aromatic carbocycles. The highest BCUT2D eigenvalue weighted by molar-refractivity contribution is 7.92. The molecule has 0 radical (unpaired) electrons. The second-order valence-electron chi connectivity index (χ2n) is 6.08. The SMILES string of the molecule is CCCC(C)NC(=O)CCCN(c1cccc(Cl)c1C)S(C)(=O)=O. The maximum absolute atomic E-state index is 12.1. The topological polar surface area (TPSA) is 66.5 Å². The summed E-state index contributed by atoms with van der Waals surface area (Å²) in [5.41, 5.74) is 1.27. The van der Waals surface area contributed by atoms with Gasteiger partial charge in [0, 0.05) is 24.0 Å². The average Bonchev–Trinajstić information content (AvgIpc) is 2.46. The lowest BCUT2D eigenvalue weighted by atomic mass is 10.1. The van der Waals surface area contributed by atoms with E-state index in [1.165, 1.54) is 4.31 Å². The molecule has 0 saturated heterocycles. The van der Waals surface area contributed by atoms with Gasteiger partial charge >= 0.3 is 0 Å². The number of hydrogen-bond acceptors (Lipinski definition) is 3. The number of amides is 1. The number of carbonyl (C=O) groups is 1. The van der Waals surface area contributed by atoms with Crippen LogP contribution in [0.2, 0.25) is 5.02 Å². The van der Waals surface area contributed by atoms with Gasteiger partial charge in [-0.2, -0.15) is 0 Å². The van der Waals surface area contributed by atoms with E-state index in [1.54, 1.807) is 25.1 Å². The van der Waals surface area contributed by atoms with Crippen molar-refractivity contribution in [2.75, 3.05) is 17.1 Å². The van der Waals surface area contributed by atoms with Crippen molar-refractivity contribution in [1.82, 2.24) is 5.32 Å². The number of hydrogen-bond donors (Lipinski definition) is 1. The molecule has 0 fully saturated rings. The lowest BCUT2D eigenvalue weighted by molar-refractivity contribution is -0.121. The van der Waals surface area contributed by atoms with Crippen LogP contribution in [0, 0.1) is 6.92 Å². The second-order valence-corrected chi connectivity index (χ2v) is 8.39. The zero-order valence-electron chi connectivity index (χ0n) is 14.8. The molecule has 1 amide bonds. The fourth-order valence-corrected chi connectivity index (χ4v) is 3.75. The predicted octanol–water partition coefficient (Wildman–Crippen LogP) is 3.50. The number of carbonyl (C=O) groups excluding carboxylic acids is 1. The highest BCUT2D eigenvalue weighted by atomic mass is 35.5. The smallest absolute Gasteiger partial charge is 0.232 e. The number of nitrogens with one attached hydrogen (secondary N) is 1. The fraction of sp³-hybridized carbons (Fsp3) is 0.588. The molecule has 0 bridgehead atoms. The van der Waals surface area contributed by atoms with Gasteiger partial charge in [-0.3, -0.25) is 9.10 Å². The van der Waals surface area contributed by atoms with Gasteiger partial charge in [-0.05, 0) is 44.4 Å². The maximum Gasteiger partial charge on any atom is 0.232 e. The predicted molar refractivity (Wildman–Crippen MR) is 100 cm³/mol. The molecule has 0 aliphatic rings. The second kappa shape index (κ2) is 9.28. The Kier molecular flexibility index (Phi) is 8.03. The molecule has 0 saturated carbocycles. The number of nitrogens with zero attached hydrogens (tertiary/aromatic N) is 1. The van der Waals surface area contributed by atoms with Crippen molar-refractivity contribution in [3.63, 3.8) is 0 Å². The van der Waals surface area contributed by atoms with Crippen LogP contribution in [0.4, 0.5) is 5.69 Å². The molecule has 1 aromatic rings. The van der Waals surface area contributed by atoms with Crippen molar-refractivity contribution in [1.29, 1.82) is 0 Å². The normalized spacial score (nSPS) is 12.7. The Morgan fingerprint density at radius 1 is 1.38 bits per heavy atom. The molecule has 0 aliphatic carbocycles. The summed E-state index contributed by atoms with van der Waals surface area (Å²) < 4.78 is 25.5. The molecule has 1 N–H and O–H groups in total. The van der Waals surface area contributed by atoms with Gasteiger partial charge < -0.3 is 5.32 Å². The van der Waals surface area contributed by atoms with Crippen LogP contribution >= 0.6 is 11.6 Å². The third-order valence-corrected chi connectivity index (χ3v) is 5.39. The third-order valence-electron chi connectivity index (χ3n) is 3.80. The molecule has 7 heteroatoms. The van der Waals surface area contributed by atoms with E-state index in [-0.39, 0.29) is 18.5 Å². The standard InChI is InChI=1S/C17H27ClN2O3S/c1-5-8-13(2)19-17(21)11-7-12-20(24(4,22)23)16-10-6-9-15(18)14(16)3/h6,9-10,13H,5,7-8,11-12H2,1-4H3,(H,19,21). The molecular formula is C17H27ClN2O3S. The Balaban J connectivity index is 2.73. The molecular weight excluding hydrogens is 348 g/mol. The number of halogens is 1. The van der Waals surface area contributed by atoms with Gasteiger partial charge in [0.1, 0.15) is 0 Å². The minimum Gasteiger partial charge on any atom is -0.354 e. The minimum atomic E-state index is -3.44. The van der Waals surface area contributed by atoms with Crippen molar-refractivity contribution in [2.24, 2.45) is 0 Å². The zero-order valence-corrected chi connectivity index (χ0v) is 16.4. The van der Waals surface area contributed by atoms with Crippen LogP contribution < -0.4 is 9.62 Å². The van der Waals surface area contributed by atoms with E-state index in [9.17, 15) is 13.2 Å². The van der Waals surface area contributed by atoms with Crippen LogP contribution in [-0.2, 0) is 14.8 Å². The Hall–Kier alpha value is -1.27. The average molecular weight is 375 g/mol. The van der Waals surface area contributed by atoms with Crippen LogP contribution in [0.25, 0.3) is 0 Å². The van der Waals surface area contributed by atoms with E-state index in [0.717, 1.165) is 19.1 Å². The molecule has 0 heterocycles. The molecule has 1 rings (SSSR count). The summed E-state index contributed by atoms with van der Waals surface area (Å²) in [5, 5.41) is 3.45. The zero-order chi connectivity index (χ0) is 18.3. The van der Waals surface area contributed by atoms with Crippen LogP contribution in [-0.4, -0.2) is 33.2 Å². The van der Waals surface area contributed by atoms with Crippen LogP contribution in [0.5, 0.6) is 0 Å². The first-order chi connectivity index (χ1) is 11.2. The summed E-state index contributed by atoms with van der Waals surface area (Å²) >= 11 is 6.09. The molecule has 1 atom stereocenters. The van der Waals surface area contributed by atoms with Crippen molar-refractivity contribution >= 4 is 33.2 Å². The van der Waals surface area contributed by atoms with E-state index < -0.39 is 10.0 Å². The van der Waals surface area contributed by atoms with E-state index >= 15 is 0 Å². The van der Waals surface area contributed by atoms with E-state index in [1.807, 2.05) is 6.92 Å². The summed E-state index contributed by atoms with van der Waals surface area (Å²) in [5.74, 6) is -0.0489. The van der Waals surface area contributed by atoms with Crippen LogP contribution in [0.15, 0.2) is 18.2 Å². The van der Waals surface area contributed by atoms with Gasteiger partial charge in [-0.1, -0.05) is 31.0 Å². The number of sulfonamides is 1. The molecule has 0 aromatic heterocycles. The minimum absolute atomic E-state index is 0.0489. The Morgan fingerprint density at radius 2 is 2.04 bits per heavy atom. The van der Waals surface area contributed by atoms with Crippen molar-refractivity contribution < 1.29 is 13.2 Å². The Bertz CT molecular complexity index is 662. The van der Waals surface area contributed by atoms with Gasteiger partial charge in [-0.15, -0.1) is 0 Å². The van der Waals surface area contributed by atoms with Crippen molar-refractivity contribution in [3.05, 3.63) is 28.8 Å². The number of rotatable bonds is 9. The molecule has 136 valence electrons. The molecule has 24 heavy (non-hydrogen) atoms. The fourth-order valence-electron chi connectivity index (χ4n) is 2.57. The van der Waals surface area contributed by atoms with Gasteiger partial charge in [0.15, 0.2) is 0 Å². The first-order valence-electron chi connectivity index (χ1n) is 8.19. The maximum atomic E-state index is 12.1. The quantitative estimate of drug-likeness (QED) is 0.719. The Morgan fingerprint density at radius 3 is 2.62 bits per heavy atom. The number of benzene rings is 1. The van der Waals surface area contributed by atoms with Crippen molar-refractivity contribution in [2.45, 2.75) is 52.5 Å². The van der Waals surface area contributed by atoms with Gasteiger partial charge in [0.2, 0.25) is 15.9 Å². The monoisotopic (exact) mass is 374 g/mol. The third kappa shape index (κ3) is 6.32.